The predicted octanol–water partition coefficient (Wildman–Crippen LogP) is 2.94. The van der Waals surface area contributed by atoms with Crippen LogP contribution >= 0.6 is 0 Å². The van der Waals surface area contributed by atoms with Gasteiger partial charge in [0.1, 0.15) is 0 Å². The minimum Gasteiger partial charge on any atom is -0.748 e. The molecule has 0 aromatic heterocycles. The van der Waals surface area contributed by atoms with E-state index in [1.807, 2.05) is 0 Å². The van der Waals surface area contributed by atoms with Crippen LogP contribution in [0.1, 0.15) is 123 Å². The summed E-state index contributed by atoms with van der Waals surface area (Å²) in [5, 5.41) is 9.31. The first-order valence-corrected chi connectivity index (χ1v) is 12.5. The maximum atomic E-state index is 11.3. The number of rotatable bonds is 19. The molecule has 4 nitrogen and oxygen atoms in total. The molecule has 6 heteroatoms. The second kappa shape index (κ2) is 20.2. The maximum Gasteiger partial charge on any atom is 1.00 e. The number of aliphatic hydroxyl groups is 1. The Morgan fingerprint density at radius 2 is 1.00 bits per heavy atom. The van der Waals surface area contributed by atoms with Gasteiger partial charge >= 0.3 is 29.6 Å². The summed E-state index contributed by atoms with van der Waals surface area (Å²) in [4.78, 5) is 0. The molecule has 0 aliphatic carbocycles. The van der Waals surface area contributed by atoms with Crippen molar-refractivity contribution >= 4 is 10.1 Å². The minimum absolute atomic E-state index is 0. The molecule has 0 radical (unpaired) electrons. The van der Waals surface area contributed by atoms with Crippen LogP contribution in [0.5, 0.6) is 0 Å². The molecule has 158 valence electrons. The Labute approximate surface area is 191 Å². The van der Waals surface area contributed by atoms with E-state index in [1.54, 1.807) is 0 Å². The molecule has 0 fully saturated rings. The van der Waals surface area contributed by atoms with Crippen molar-refractivity contribution in [2.24, 2.45) is 0 Å². The third kappa shape index (κ3) is 19.9. The van der Waals surface area contributed by atoms with E-state index in [9.17, 15) is 18.1 Å². The molecular weight excluding hydrogens is 371 g/mol. The van der Waals surface area contributed by atoms with Gasteiger partial charge in [0.15, 0.2) is 0 Å². The van der Waals surface area contributed by atoms with Crippen molar-refractivity contribution in [2.45, 2.75) is 134 Å². The summed E-state index contributed by atoms with van der Waals surface area (Å²) in [6.07, 6.45) is 16.7. The molecule has 27 heavy (non-hydrogen) atoms. The van der Waals surface area contributed by atoms with Gasteiger partial charge in [0.2, 0.25) is 0 Å². The summed E-state index contributed by atoms with van der Waals surface area (Å²) in [5.41, 5.74) is 0. The van der Waals surface area contributed by atoms with Crippen molar-refractivity contribution in [1.29, 1.82) is 0 Å². The molecule has 0 aliphatic heterocycles. The molecule has 0 amide bonds. The van der Waals surface area contributed by atoms with Crippen molar-refractivity contribution in [3.05, 3.63) is 0 Å². The normalized spacial score (nSPS) is 13.9. The predicted molar refractivity (Wildman–Crippen MR) is 109 cm³/mol. The van der Waals surface area contributed by atoms with Crippen molar-refractivity contribution in [2.75, 3.05) is 0 Å². The Kier molecular flexibility index (Phi) is 22.4. The van der Waals surface area contributed by atoms with Crippen molar-refractivity contribution in [3.8, 4) is 0 Å². The van der Waals surface area contributed by atoms with Gasteiger partial charge in [-0.2, -0.15) is 0 Å². The fourth-order valence-electron chi connectivity index (χ4n) is 3.47. The van der Waals surface area contributed by atoms with Crippen LogP contribution in [0, 0.1) is 0 Å². The molecule has 2 atom stereocenters. The molecule has 0 saturated heterocycles. The third-order valence-electron chi connectivity index (χ3n) is 5.24. The van der Waals surface area contributed by atoms with E-state index in [2.05, 4.69) is 13.8 Å². The van der Waals surface area contributed by atoms with Crippen molar-refractivity contribution in [1.82, 2.24) is 0 Å². The Hall–Kier alpha value is 0.870. The van der Waals surface area contributed by atoms with Gasteiger partial charge in [-0.05, 0) is 25.7 Å². The smallest absolute Gasteiger partial charge is 0.748 e. The summed E-state index contributed by atoms with van der Waals surface area (Å²) in [7, 11) is -4.17. The summed E-state index contributed by atoms with van der Waals surface area (Å²) in [6, 6.07) is 0. The van der Waals surface area contributed by atoms with Crippen molar-refractivity contribution < 1.29 is 47.6 Å². The molecule has 1 N–H and O–H groups in total. The minimum atomic E-state index is -4.17. The van der Waals surface area contributed by atoms with Crippen LogP contribution < -0.4 is 29.6 Å². The Balaban J connectivity index is 0. The number of hydrogen-bond donors (Lipinski definition) is 1. The number of aliphatic hydroxyl groups excluding tert-OH is 1. The van der Waals surface area contributed by atoms with E-state index in [1.165, 1.54) is 38.5 Å². The zero-order chi connectivity index (χ0) is 19.7. The fraction of sp³-hybridized carbons (Fsp3) is 1.00. The number of hydrogen-bond acceptors (Lipinski definition) is 4. The second-order valence-corrected chi connectivity index (χ2v) is 9.46. The number of unbranched alkanes of at least 4 members (excludes halogenated alkanes) is 10. The van der Waals surface area contributed by atoms with Crippen LogP contribution in [-0.4, -0.2) is 29.4 Å². The molecule has 2 unspecified atom stereocenters. The van der Waals surface area contributed by atoms with E-state index in [0.717, 1.165) is 57.8 Å². The van der Waals surface area contributed by atoms with Gasteiger partial charge in [-0.25, -0.2) is 8.42 Å². The summed E-state index contributed by atoms with van der Waals surface area (Å²) in [6.45, 7) is 4.29. The molecular formula is C21H43NaO4S. The molecule has 0 aromatic rings. The maximum absolute atomic E-state index is 11.3. The molecule has 0 heterocycles. The van der Waals surface area contributed by atoms with Crippen LogP contribution in [-0.2, 0) is 10.1 Å². The zero-order valence-electron chi connectivity index (χ0n) is 18.3. The molecule has 0 aliphatic rings. The van der Waals surface area contributed by atoms with E-state index in [0.29, 0.717) is 12.8 Å². The summed E-state index contributed by atoms with van der Waals surface area (Å²) < 4.78 is 34.0. The first-order valence-electron chi connectivity index (χ1n) is 11.0. The van der Waals surface area contributed by atoms with E-state index in [-0.39, 0.29) is 35.7 Å². The second-order valence-electron chi connectivity index (χ2n) is 7.81. The summed E-state index contributed by atoms with van der Waals surface area (Å²) >= 11 is 0. The van der Waals surface area contributed by atoms with Gasteiger partial charge < -0.3 is 9.66 Å². The average molecular weight is 415 g/mol. The largest absolute Gasteiger partial charge is 1.00 e. The zero-order valence-corrected chi connectivity index (χ0v) is 21.1. The van der Waals surface area contributed by atoms with Gasteiger partial charge in [0.25, 0.3) is 0 Å². The first-order chi connectivity index (χ1) is 12.4. The van der Waals surface area contributed by atoms with Gasteiger partial charge in [0, 0.05) is 5.25 Å². The Bertz CT molecular complexity index is 401. The molecule has 0 bridgehead atoms. The van der Waals surface area contributed by atoms with Crippen LogP contribution in [0.3, 0.4) is 0 Å². The van der Waals surface area contributed by atoms with E-state index in [4.69, 9.17) is 0 Å². The SMILES string of the molecule is CCCCCCCCCC(O)CCCCCC(CCCCC)S(=O)(=O)[O-].[Na+]. The van der Waals surface area contributed by atoms with E-state index >= 15 is 0 Å². The van der Waals surface area contributed by atoms with Gasteiger partial charge in [-0.1, -0.05) is 97.3 Å². The van der Waals surface area contributed by atoms with Crippen molar-refractivity contribution in [3.63, 3.8) is 0 Å². The van der Waals surface area contributed by atoms with Crippen LogP contribution in [0.15, 0.2) is 0 Å². The third-order valence-corrected chi connectivity index (χ3v) is 6.53. The van der Waals surface area contributed by atoms with Crippen LogP contribution in [0.2, 0.25) is 0 Å². The molecule has 0 saturated carbocycles. The monoisotopic (exact) mass is 414 g/mol. The first kappa shape index (κ1) is 30.1. The summed E-state index contributed by atoms with van der Waals surface area (Å²) in [5.74, 6) is 0. The van der Waals surface area contributed by atoms with E-state index < -0.39 is 15.4 Å². The average Bonchev–Trinajstić information content (AvgIpc) is 2.58. The standard InChI is InChI=1S/C21H44O4S.Na/c1-3-5-7-8-9-10-13-16-20(22)17-14-11-15-19-21(26(23,24)25)18-12-6-4-2;/h20-22H,3-19H2,1-2H3,(H,23,24,25);/q;+1/p-1. The fourth-order valence-corrected chi connectivity index (χ4v) is 4.38. The quantitative estimate of drug-likeness (QED) is 0.200. The molecule has 0 aromatic carbocycles. The van der Waals surface area contributed by atoms with Gasteiger partial charge in [-0.15, -0.1) is 0 Å². The van der Waals surface area contributed by atoms with Crippen LogP contribution in [0.4, 0.5) is 0 Å². The van der Waals surface area contributed by atoms with Crippen LogP contribution in [0.25, 0.3) is 0 Å². The molecule has 0 rings (SSSR count). The Morgan fingerprint density at radius 1 is 0.667 bits per heavy atom. The molecule has 0 spiro atoms. The van der Waals surface area contributed by atoms with Gasteiger partial charge in [0.05, 0.1) is 16.2 Å². The topological polar surface area (TPSA) is 77.4 Å². The van der Waals surface area contributed by atoms with Gasteiger partial charge in [-0.3, -0.25) is 0 Å². The Morgan fingerprint density at radius 3 is 1.48 bits per heavy atom.